The number of urea groups is 1. The number of carbonyl (C=O) groups excluding carboxylic acids is 2. The number of nitrogens with zero attached hydrogens (tertiary/aromatic N) is 1. The fourth-order valence-electron chi connectivity index (χ4n) is 5.85. The Morgan fingerprint density at radius 1 is 1.07 bits per heavy atom. The summed E-state index contributed by atoms with van der Waals surface area (Å²) < 4.78 is 27.6. The molecule has 4 fully saturated rings. The summed E-state index contributed by atoms with van der Waals surface area (Å²) in [5.74, 6) is -0.0405. The lowest BCUT2D eigenvalue weighted by molar-refractivity contribution is -0.118. The summed E-state index contributed by atoms with van der Waals surface area (Å²) >= 11 is 0. The Balaban J connectivity index is 1.34. The fraction of sp³-hybridized carbons (Fsp3) is 0.600. The van der Waals surface area contributed by atoms with Crippen molar-refractivity contribution in [2.45, 2.75) is 44.1 Å². The Hall–Kier alpha value is -2.18. The van der Waals surface area contributed by atoms with Crippen LogP contribution < -0.4 is 15.5 Å². The summed E-state index contributed by atoms with van der Waals surface area (Å²) in [4.78, 5) is 25.7. The maximum Gasteiger partial charge on any atom is 0.321 e. The quantitative estimate of drug-likeness (QED) is 0.847. The predicted octanol–water partition coefficient (Wildman–Crippen LogP) is 3.20. The number of rotatable bonds is 4. The zero-order valence-electron chi connectivity index (χ0n) is 15.4. The van der Waals surface area contributed by atoms with Gasteiger partial charge in [0.05, 0.1) is 6.54 Å². The van der Waals surface area contributed by atoms with Crippen molar-refractivity contribution in [3.63, 3.8) is 0 Å². The molecule has 0 aliphatic heterocycles. The molecule has 0 atom stereocenters. The number of para-hydroxylation sites is 1. The summed E-state index contributed by atoms with van der Waals surface area (Å²) in [7, 11) is 1.41. The molecular formula is C20H25F2N3O2. The third-order valence-electron chi connectivity index (χ3n) is 6.37. The van der Waals surface area contributed by atoms with Gasteiger partial charge in [-0.2, -0.15) is 0 Å². The third kappa shape index (κ3) is 3.64. The van der Waals surface area contributed by atoms with E-state index in [1.807, 2.05) is 0 Å². The van der Waals surface area contributed by atoms with Gasteiger partial charge in [0.15, 0.2) is 0 Å². The van der Waals surface area contributed by atoms with E-state index in [0.29, 0.717) is 17.8 Å². The fourth-order valence-corrected chi connectivity index (χ4v) is 5.85. The van der Waals surface area contributed by atoms with E-state index in [1.54, 1.807) is 0 Å². The monoisotopic (exact) mass is 377 g/mol. The van der Waals surface area contributed by atoms with Gasteiger partial charge >= 0.3 is 6.03 Å². The van der Waals surface area contributed by atoms with Crippen LogP contribution in [0.1, 0.15) is 38.5 Å². The van der Waals surface area contributed by atoms with Crippen LogP contribution in [0, 0.1) is 29.4 Å². The highest BCUT2D eigenvalue weighted by molar-refractivity contribution is 5.96. The lowest BCUT2D eigenvalue weighted by Gasteiger charge is -2.56. The van der Waals surface area contributed by atoms with Crippen molar-refractivity contribution in [3.05, 3.63) is 29.8 Å². The minimum Gasteiger partial charge on any atom is -0.361 e. The van der Waals surface area contributed by atoms with E-state index in [4.69, 9.17) is 0 Å². The number of anilines is 1. The van der Waals surface area contributed by atoms with Gasteiger partial charge in [0.1, 0.15) is 17.3 Å². The topological polar surface area (TPSA) is 61.4 Å². The SMILES string of the molecule is CN(CC(=O)NC(=O)NC12CC3CC(CC(C3)C1)C2)c1c(F)cccc1F. The van der Waals surface area contributed by atoms with Crippen LogP contribution in [-0.2, 0) is 4.79 Å². The molecule has 1 aromatic rings. The maximum atomic E-state index is 13.8. The van der Waals surface area contributed by atoms with Crippen LogP contribution in [0.5, 0.6) is 0 Å². The van der Waals surface area contributed by atoms with Crippen molar-refractivity contribution >= 4 is 17.6 Å². The molecular weight excluding hydrogens is 352 g/mol. The molecule has 1 aromatic carbocycles. The van der Waals surface area contributed by atoms with Gasteiger partial charge in [-0.05, 0) is 68.4 Å². The first-order chi connectivity index (χ1) is 12.8. The molecule has 4 aliphatic carbocycles. The van der Waals surface area contributed by atoms with Gasteiger partial charge in [0, 0.05) is 12.6 Å². The van der Waals surface area contributed by atoms with Crippen LogP contribution in [0.25, 0.3) is 0 Å². The van der Waals surface area contributed by atoms with Crippen LogP contribution >= 0.6 is 0 Å². The van der Waals surface area contributed by atoms with E-state index >= 15 is 0 Å². The van der Waals surface area contributed by atoms with E-state index in [0.717, 1.165) is 36.3 Å². The van der Waals surface area contributed by atoms with Crippen LogP contribution in [0.3, 0.4) is 0 Å². The first-order valence-electron chi connectivity index (χ1n) is 9.61. The highest BCUT2D eigenvalue weighted by Crippen LogP contribution is 2.55. The summed E-state index contributed by atoms with van der Waals surface area (Å²) in [6, 6.07) is 3.02. The Morgan fingerprint density at radius 2 is 1.59 bits per heavy atom. The van der Waals surface area contributed by atoms with E-state index in [1.165, 1.54) is 32.4 Å². The number of hydrogen-bond donors (Lipinski definition) is 2. The number of hydrogen-bond acceptors (Lipinski definition) is 3. The molecule has 2 N–H and O–H groups in total. The van der Waals surface area contributed by atoms with Gasteiger partial charge in [0.2, 0.25) is 5.91 Å². The van der Waals surface area contributed by atoms with Gasteiger partial charge in [-0.3, -0.25) is 10.1 Å². The first-order valence-corrected chi connectivity index (χ1v) is 9.61. The average Bonchev–Trinajstić information content (AvgIpc) is 2.52. The average molecular weight is 377 g/mol. The molecule has 4 aliphatic rings. The molecule has 27 heavy (non-hydrogen) atoms. The highest BCUT2D eigenvalue weighted by atomic mass is 19.1. The minimum absolute atomic E-state index is 0.192. The van der Waals surface area contributed by atoms with Crippen molar-refractivity contribution in [1.82, 2.24) is 10.6 Å². The molecule has 0 spiro atoms. The normalized spacial score (nSPS) is 30.9. The molecule has 5 nitrogen and oxygen atoms in total. The predicted molar refractivity (Wildman–Crippen MR) is 97.2 cm³/mol. The Bertz CT molecular complexity index is 712. The third-order valence-corrected chi connectivity index (χ3v) is 6.37. The van der Waals surface area contributed by atoms with Crippen molar-refractivity contribution in [3.8, 4) is 0 Å². The molecule has 0 aromatic heterocycles. The molecule has 0 unspecified atom stereocenters. The standard InChI is InChI=1S/C20H25F2N3O2/c1-25(18-15(21)3-2-4-16(18)22)11-17(26)23-19(27)24-20-8-12-5-13(9-20)7-14(6-12)10-20/h2-4,12-14H,5-11H2,1H3,(H2,23,24,26,27). The molecule has 0 radical (unpaired) electrons. The summed E-state index contributed by atoms with van der Waals surface area (Å²) in [6.45, 7) is -0.313. The first kappa shape index (κ1) is 18.2. The lowest BCUT2D eigenvalue weighted by Crippen LogP contribution is -2.62. The van der Waals surface area contributed by atoms with Crippen LogP contribution in [0.4, 0.5) is 19.3 Å². The van der Waals surface area contributed by atoms with E-state index in [2.05, 4.69) is 10.6 Å². The summed E-state index contributed by atoms with van der Waals surface area (Å²) in [6.07, 6.45) is 6.75. The molecule has 0 heterocycles. The Morgan fingerprint density at radius 3 is 2.11 bits per heavy atom. The second-order valence-electron chi connectivity index (χ2n) is 8.63. The number of carbonyl (C=O) groups is 2. The maximum absolute atomic E-state index is 13.8. The molecule has 4 bridgehead atoms. The molecule has 146 valence electrons. The minimum atomic E-state index is -0.747. The summed E-state index contributed by atoms with van der Waals surface area (Å²) in [5, 5.41) is 5.37. The Kier molecular flexibility index (Phi) is 4.56. The van der Waals surface area contributed by atoms with Gasteiger partial charge in [-0.1, -0.05) is 6.07 Å². The van der Waals surface area contributed by atoms with Crippen molar-refractivity contribution < 1.29 is 18.4 Å². The smallest absolute Gasteiger partial charge is 0.321 e. The molecule has 0 saturated heterocycles. The largest absolute Gasteiger partial charge is 0.361 e. The zero-order chi connectivity index (χ0) is 19.2. The second kappa shape index (κ2) is 6.77. The number of amides is 3. The number of benzene rings is 1. The van der Waals surface area contributed by atoms with Gasteiger partial charge in [-0.15, -0.1) is 0 Å². The van der Waals surface area contributed by atoms with E-state index in [-0.39, 0.29) is 17.8 Å². The van der Waals surface area contributed by atoms with E-state index in [9.17, 15) is 18.4 Å². The molecule has 5 rings (SSSR count). The highest BCUT2D eigenvalue weighted by Gasteiger charge is 2.51. The number of halogens is 2. The second-order valence-corrected chi connectivity index (χ2v) is 8.63. The van der Waals surface area contributed by atoms with Gasteiger partial charge < -0.3 is 10.2 Å². The van der Waals surface area contributed by atoms with Crippen LogP contribution in [-0.4, -0.2) is 31.1 Å². The zero-order valence-corrected chi connectivity index (χ0v) is 15.4. The number of nitrogens with one attached hydrogen (secondary N) is 2. The molecule has 7 heteroatoms. The van der Waals surface area contributed by atoms with Gasteiger partial charge in [-0.25, -0.2) is 13.6 Å². The van der Waals surface area contributed by atoms with Crippen molar-refractivity contribution in [2.75, 3.05) is 18.5 Å². The molecule has 4 saturated carbocycles. The van der Waals surface area contributed by atoms with Crippen LogP contribution in [0.2, 0.25) is 0 Å². The van der Waals surface area contributed by atoms with Crippen molar-refractivity contribution in [1.29, 1.82) is 0 Å². The van der Waals surface area contributed by atoms with Crippen LogP contribution in [0.15, 0.2) is 18.2 Å². The number of imide groups is 1. The summed E-state index contributed by atoms with van der Waals surface area (Å²) in [5.41, 5.74) is -0.475. The Labute approximate surface area is 157 Å². The van der Waals surface area contributed by atoms with E-state index < -0.39 is 23.6 Å². The number of likely N-dealkylation sites (N-methyl/N-ethyl adjacent to an activating group) is 1. The lowest BCUT2D eigenvalue weighted by atomic mass is 9.53. The van der Waals surface area contributed by atoms with Gasteiger partial charge in [0.25, 0.3) is 0 Å². The molecule has 3 amide bonds. The van der Waals surface area contributed by atoms with Crippen molar-refractivity contribution in [2.24, 2.45) is 17.8 Å².